The Labute approximate surface area is 187 Å². The van der Waals surface area contributed by atoms with Gasteiger partial charge in [-0.1, -0.05) is 11.8 Å². The van der Waals surface area contributed by atoms with Crippen LogP contribution in [0.3, 0.4) is 0 Å². The highest BCUT2D eigenvalue weighted by Crippen LogP contribution is 2.23. The zero-order chi connectivity index (χ0) is 23.1. The lowest BCUT2D eigenvalue weighted by molar-refractivity contribution is -0.113. The van der Waals surface area contributed by atoms with E-state index in [9.17, 15) is 14.4 Å². The van der Waals surface area contributed by atoms with Gasteiger partial charge in [0.2, 0.25) is 11.1 Å². The summed E-state index contributed by atoms with van der Waals surface area (Å²) in [4.78, 5) is 36.4. The van der Waals surface area contributed by atoms with Crippen LogP contribution in [-0.4, -0.2) is 65.1 Å². The average Bonchev–Trinajstić information content (AvgIpc) is 3.30. The normalized spacial score (nSPS) is 10.3. The summed E-state index contributed by atoms with van der Waals surface area (Å²) >= 11 is 1.10. The first-order chi connectivity index (χ1) is 15.5. The number of anilines is 1. The minimum Gasteiger partial charge on any atom is -0.497 e. The van der Waals surface area contributed by atoms with Gasteiger partial charge in [0.15, 0.2) is 0 Å². The molecule has 1 heterocycles. The highest BCUT2D eigenvalue weighted by atomic mass is 32.2. The van der Waals surface area contributed by atoms with Gasteiger partial charge in [0.25, 0.3) is 0 Å². The maximum Gasteiger partial charge on any atom is 0.339 e. The van der Waals surface area contributed by atoms with Gasteiger partial charge in [0.05, 0.1) is 49.6 Å². The number of rotatable bonds is 8. The largest absolute Gasteiger partial charge is 0.497 e. The molecular weight excluding hydrogens is 438 g/mol. The van der Waals surface area contributed by atoms with Gasteiger partial charge in [-0.05, 0) is 52.9 Å². The van der Waals surface area contributed by atoms with Gasteiger partial charge in [-0.15, -0.1) is 5.10 Å². The van der Waals surface area contributed by atoms with E-state index in [4.69, 9.17) is 9.47 Å². The summed E-state index contributed by atoms with van der Waals surface area (Å²) in [5, 5.41) is 14.6. The van der Waals surface area contributed by atoms with Crippen LogP contribution in [0.1, 0.15) is 20.7 Å². The van der Waals surface area contributed by atoms with E-state index in [1.165, 1.54) is 37.1 Å². The van der Waals surface area contributed by atoms with Crippen molar-refractivity contribution in [1.82, 2.24) is 20.2 Å². The van der Waals surface area contributed by atoms with E-state index in [0.29, 0.717) is 16.6 Å². The van der Waals surface area contributed by atoms with Crippen molar-refractivity contribution in [3.63, 3.8) is 0 Å². The molecular formula is C20H19N5O6S. The van der Waals surface area contributed by atoms with Crippen LogP contribution < -0.4 is 10.1 Å². The van der Waals surface area contributed by atoms with Crippen molar-refractivity contribution in [2.75, 3.05) is 32.4 Å². The molecule has 0 aliphatic rings. The zero-order valence-corrected chi connectivity index (χ0v) is 18.2. The van der Waals surface area contributed by atoms with Crippen molar-refractivity contribution in [2.24, 2.45) is 0 Å². The standard InChI is InChI=1S/C20H19N5O6S/c1-29-14-7-5-13(6-8-14)25-20(22-23-24-25)32-11-17(26)21-16-10-12(18(27)30-2)4-9-15(16)19(28)31-3/h4-10H,11H2,1-3H3,(H,21,26). The molecule has 0 spiro atoms. The number of amides is 1. The van der Waals surface area contributed by atoms with Gasteiger partial charge in [0, 0.05) is 0 Å². The highest BCUT2D eigenvalue weighted by Gasteiger charge is 2.18. The van der Waals surface area contributed by atoms with E-state index in [1.54, 1.807) is 31.4 Å². The Morgan fingerprint density at radius 2 is 1.72 bits per heavy atom. The fourth-order valence-electron chi connectivity index (χ4n) is 2.65. The van der Waals surface area contributed by atoms with Crippen molar-refractivity contribution in [2.45, 2.75) is 5.16 Å². The monoisotopic (exact) mass is 457 g/mol. The summed E-state index contributed by atoms with van der Waals surface area (Å²) in [6.45, 7) is 0. The predicted octanol–water partition coefficient (Wildman–Crippen LogP) is 1.97. The second-order valence-electron chi connectivity index (χ2n) is 6.15. The van der Waals surface area contributed by atoms with E-state index >= 15 is 0 Å². The van der Waals surface area contributed by atoms with Gasteiger partial charge in [0.1, 0.15) is 5.75 Å². The number of methoxy groups -OCH3 is 3. The van der Waals surface area contributed by atoms with Crippen LogP contribution in [0.25, 0.3) is 5.69 Å². The number of aromatic nitrogens is 4. The van der Waals surface area contributed by atoms with Crippen LogP contribution >= 0.6 is 11.8 Å². The third-order valence-corrected chi connectivity index (χ3v) is 5.13. The van der Waals surface area contributed by atoms with Crippen LogP contribution in [0.2, 0.25) is 0 Å². The number of nitrogens with one attached hydrogen (secondary N) is 1. The molecule has 3 aromatic rings. The van der Waals surface area contributed by atoms with Gasteiger partial charge in [-0.3, -0.25) is 4.79 Å². The molecule has 1 aromatic heterocycles. The molecule has 12 heteroatoms. The predicted molar refractivity (Wildman–Crippen MR) is 114 cm³/mol. The minimum atomic E-state index is -0.659. The summed E-state index contributed by atoms with van der Waals surface area (Å²) < 4.78 is 16.0. The molecule has 2 aromatic carbocycles. The molecule has 0 aliphatic carbocycles. The summed E-state index contributed by atoms with van der Waals surface area (Å²) in [6.07, 6.45) is 0. The van der Waals surface area contributed by atoms with E-state index in [0.717, 1.165) is 11.8 Å². The molecule has 0 aliphatic heterocycles. The number of esters is 2. The lowest BCUT2D eigenvalue weighted by Crippen LogP contribution is -2.18. The summed E-state index contributed by atoms with van der Waals surface area (Å²) in [6, 6.07) is 11.2. The molecule has 0 atom stereocenters. The maximum atomic E-state index is 12.6. The zero-order valence-electron chi connectivity index (χ0n) is 17.4. The molecule has 0 bridgehead atoms. The molecule has 11 nitrogen and oxygen atoms in total. The first kappa shape index (κ1) is 22.7. The third kappa shape index (κ3) is 5.21. The number of tetrazole rings is 1. The molecule has 32 heavy (non-hydrogen) atoms. The quantitative estimate of drug-likeness (QED) is 0.395. The third-order valence-electron chi connectivity index (χ3n) is 4.21. The van der Waals surface area contributed by atoms with Gasteiger partial charge in [-0.25, -0.2) is 9.59 Å². The number of hydrogen-bond acceptors (Lipinski definition) is 10. The molecule has 166 valence electrons. The van der Waals surface area contributed by atoms with Gasteiger partial charge >= 0.3 is 11.9 Å². The summed E-state index contributed by atoms with van der Waals surface area (Å²) in [5.74, 6) is -1.07. The lowest BCUT2D eigenvalue weighted by Gasteiger charge is -2.11. The second kappa shape index (κ2) is 10.4. The fraction of sp³-hybridized carbons (Fsp3) is 0.200. The number of nitrogens with zero attached hydrogens (tertiary/aromatic N) is 4. The van der Waals surface area contributed by atoms with Crippen LogP contribution in [0.15, 0.2) is 47.6 Å². The first-order valence-electron chi connectivity index (χ1n) is 9.13. The number of thioether (sulfide) groups is 1. The van der Waals surface area contributed by atoms with Gasteiger partial charge < -0.3 is 19.5 Å². The molecule has 0 radical (unpaired) electrons. The average molecular weight is 457 g/mol. The SMILES string of the molecule is COC(=O)c1ccc(C(=O)OC)c(NC(=O)CSc2nnnn2-c2ccc(OC)cc2)c1. The topological polar surface area (TPSA) is 135 Å². The summed E-state index contributed by atoms with van der Waals surface area (Å²) in [5.41, 5.74) is 1.09. The molecule has 1 amide bonds. The Morgan fingerprint density at radius 1 is 1.00 bits per heavy atom. The van der Waals surface area contributed by atoms with Crippen molar-refractivity contribution in [3.8, 4) is 11.4 Å². The number of ether oxygens (including phenoxy) is 3. The van der Waals surface area contributed by atoms with E-state index in [1.807, 2.05) is 0 Å². The van der Waals surface area contributed by atoms with Crippen LogP contribution in [-0.2, 0) is 14.3 Å². The molecule has 0 unspecified atom stereocenters. The molecule has 0 fully saturated rings. The van der Waals surface area contributed by atoms with Crippen LogP contribution in [0, 0.1) is 0 Å². The van der Waals surface area contributed by atoms with Crippen molar-refractivity contribution in [1.29, 1.82) is 0 Å². The number of carbonyl (C=O) groups is 3. The maximum absolute atomic E-state index is 12.6. The Bertz CT molecular complexity index is 1130. The van der Waals surface area contributed by atoms with Crippen molar-refractivity contribution in [3.05, 3.63) is 53.6 Å². The van der Waals surface area contributed by atoms with E-state index in [2.05, 4.69) is 25.6 Å². The minimum absolute atomic E-state index is 0.0560. The van der Waals surface area contributed by atoms with Crippen molar-refractivity contribution >= 4 is 35.3 Å². The molecule has 3 rings (SSSR count). The number of hydrogen-bond donors (Lipinski definition) is 1. The first-order valence-corrected chi connectivity index (χ1v) is 10.1. The lowest BCUT2D eigenvalue weighted by atomic mass is 10.1. The number of carbonyl (C=O) groups excluding carboxylic acids is 3. The smallest absolute Gasteiger partial charge is 0.339 e. The van der Waals surface area contributed by atoms with Crippen LogP contribution in [0.5, 0.6) is 5.75 Å². The Balaban J connectivity index is 1.73. The fourth-order valence-corrected chi connectivity index (χ4v) is 3.34. The molecule has 0 saturated carbocycles. The van der Waals surface area contributed by atoms with Crippen LogP contribution in [0.4, 0.5) is 5.69 Å². The van der Waals surface area contributed by atoms with Crippen molar-refractivity contribution < 1.29 is 28.6 Å². The van der Waals surface area contributed by atoms with E-state index < -0.39 is 17.8 Å². The number of benzene rings is 2. The Morgan fingerprint density at radius 3 is 2.38 bits per heavy atom. The Kier molecular flexibility index (Phi) is 7.39. The molecule has 0 saturated heterocycles. The highest BCUT2D eigenvalue weighted by molar-refractivity contribution is 7.99. The Hall–Kier alpha value is -3.93. The van der Waals surface area contributed by atoms with Gasteiger partial charge in [-0.2, -0.15) is 4.68 Å². The molecule has 1 N–H and O–H groups in total. The van der Waals surface area contributed by atoms with E-state index in [-0.39, 0.29) is 22.6 Å². The second-order valence-corrected chi connectivity index (χ2v) is 7.09. The summed E-state index contributed by atoms with van der Waals surface area (Å²) in [7, 11) is 4.02.